The number of rotatable bonds is 56. The number of esters is 1. The lowest BCUT2D eigenvalue weighted by molar-refractivity contribution is -0.332. The van der Waals surface area contributed by atoms with Gasteiger partial charge in [-0.25, -0.2) is 0 Å². The Bertz CT molecular complexity index is 1600. The molecular formula is C69H124O14. The van der Waals surface area contributed by atoms with E-state index in [-0.39, 0.29) is 25.6 Å². The summed E-state index contributed by atoms with van der Waals surface area (Å²) in [6.45, 7) is 3.69. The van der Waals surface area contributed by atoms with Crippen molar-refractivity contribution < 1.29 is 69.0 Å². The predicted octanol–water partition coefficient (Wildman–Crippen LogP) is 14.0. The number of aliphatic hydroxyl groups is 7. The Kier molecular flexibility index (Phi) is 50.9. The molecule has 2 aliphatic heterocycles. The molecule has 0 aromatic heterocycles. The van der Waals surface area contributed by atoms with Gasteiger partial charge in [-0.1, -0.05) is 242 Å². The number of allylic oxidation sites excluding steroid dienone is 10. The van der Waals surface area contributed by atoms with E-state index in [1.807, 2.05) is 0 Å². The van der Waals surface area contributed by atoms with Crippen LogP contribution < -0.4 is 0 Å². The third-order valence-corrected chi connectivity index (χ3v) is 16.0. The molecule has 0 saturated carbocycles. The Morgan fingerprint density at radius 2 is 0.747 bits per heavy atom. The maximum absolute atomic E-state index is 13.1. The molecule has 0 amide bonds. The number of aliphatic hydroxyl groups excluding tert-OH is 7. The van der Waals surface area contributed by atoms with Crippen molar-refractivity contribution in [1.29, 1.82) is 0 Å². The minimum Gasteiger partial charge on any atom is -0.457 e. The topological polar surface area (TPSA) is 214 Å². The summed E-state index contributed by atoms with van der Waals surface area (Å²) in [5, 5.41) is 72.6. The van der Waals surface area contributed by atoms with Crippen LogP contribution in [0.15, 0.2) is 60.8 Å². The summed E-state index contributed by atoms with van der Waals surface area (Å²) in [6.07, 6.45) is 54.3. The van der Waals surface area contributed by atoms with Crippen LogP contribution in [0, 0.1) is 0 Å². The van der Waals surface area contributed by atoms with Gasteiger partial charge in [0.1, 0.15) is 54.9 Å². The summed E-state index contributed by atoms with van der Waals surface area (Å²) in [4.78, 5) is 13.1. The minimum atomic E-state index is -1.71. The van der Waals surface area contributed by atoms with Gasteiger partial charge in [-0.15, -0.1) is 0 Å². The monoisotopic (exact) mass is 1180 g/mol. The van der Waals surface area contributed by atoms with E-state index in [2.05, 4.69) is 74.6 Å². The van der Waals surface area contributed by atoms with E-state index in [1.54, 1.807) is 0 Å². The highest BCUT2D eigenvalue weighted by Crippen LogP contribution is 2.27. The zero-order valence-corrected chi connectivity index (χ0v) is 52.4. The lowest BCUT2D eigenvalue weighted by Gasteiger charge is -2.42. The summed E-state index contributed by atoms with van der Waals surface area (Å²) < 4.78 is 34.5. The third kappa shape index (κ3) is 40.7. The molecule has 0 bridgehead atoms. The summed E-state index contributed by atoms with van der Waals surface area (Å²) in [7, 11) is 0. The Morgan fingerprint density at radius 1 is 0.398 bits per heavy atom. The first-order valence-corrected chi connectivity index (χ1v) is 33.9. The van der Waals surface area contributed by atoms with Crippen LogP contribution in [0.1, 0.15) is 271 Å². The van der Waals surface area contributed by atoms with Gasteiger partial charge in [-0.05, 0) is 83.5 Å². The van der Waals surface area contributed by atoms with E-state index in [4.69, 9.17) is 28.4 Å². The van der Waals surface area contributed by atoms with Crippen LogP contribution >= 0.6 is 0 Å². The second kappa shape index (κ2) is 55.0. The Labute approximate surface area is 504 Å². The highest BCUT2D eigenvalue weighted by molar-refractivity contribution is 5.69. The molecule has 14 nitrogen and oxygen atoms in total. The molecule has 2 saturated heterocycles. The predicted molar refractivity (Wildman–Crippen MR) is 335 cm³/mol. The Morgan fingerprint density at radius 3 is 1.17 bits per heavy atom. The van der Waals surface area contributed by atoms with Crippen LogP contribution in [0.3, 0.4) is 0 Å². The first-order chi connectivity index (χ1) is 40.6. The fourth-order valence-corrected chi connectivity index (χ4v) is 10.6. The highest BCUT2D eigenvalue weighted by atomic mass is 16.7. The molecule has 11 atom stereocenters. The van der Waals surface area contributed by atoms with E-state index in [9.17, 15) is 40.5 Å². The second-order valence-corrected chi connectivity index (χ2v) is 23.6. The molecule has 2 fully saturated rings. The van der Waals surface area contributed by atoms with Gasteiger partial charge in [-0.2, -0.15) is 0 Å². The SMILES string of the molecule is CCCCCCC/C=C\C/C=C\C/C=C\CCCCCCCCCCCOCC(COC1OC(COC2OC(CO)C(O)C(O)C2O)C(O)C(O)C1O)OC(=O)CCCCCCCCCCCCCCC/C=C\C/C=C\CCCCCCC. The largest absolute Gasteiger partial charge is 0.457 e. The molecule has 83 heavy (non-hydrogen) atoms. The van der Waals surface area contributed by atoms with Crippen molar-refractivity contribution >= 4 is 5.97 Å². The molecule has 2 aliphatic rings. The number of unbranched alkanes of at least 4 members (excludes halogenated alkanes) is 32. The zero-order chi connectivity index (χ0) is 60.1. The Balaban J connectivity index is 1.66. The first kappa shape index (κ1) is 76.8. The summed E-state index contributed by atoms with van der Waals surface area (Å²) in [5.41, 5.74) is 0. The van der Waals surface area contributed by atoms with Gasteiger partial charge in [0.05, 0.1) is 26.4 Å². The Hall–Kier alpha value is -2.31. The molecule has 2 rings (SSSR count). The van der Waals surface area contributed by atoms with E-state index in [1.165, 1.54) is 180 Å². The van der Waals surface area contributed by atoms with Crippen molar-refractivity contribution in [2.45, 2.75) is 338 Å². The van der Waals surface area contributed by atoms with E-state index in [0.717, 1.165) is 64.2 Å². The van der Waals surface area contributed by atoms with Crippen molar-refractivity contribution in [3.63, 3.8) is 0 Å². The minimum absolute atomic E-state index is 0.0570. The summed E-state index contributed by atoms with van der Waals surface area (Å²) >= 11 is 0. The maximum atomic E-state index is 13.1. The fraction of sp³-hybridized carbons (Fsp3) is 0.841. The normalized spacial score (nSPS) is 23.8. The van der Waals surface area contributed by atoms with E-state index < -0.39 is 80.7 Å². The van der Waals surface area contributed by atoms with Gasteiger partial charge in [0.2, 0.25) is 0 Å². The smallest absolute Gasteiger partial charge is 0.306 e. The van der Waals surface area contributed by atoms with Crippen LogP contribution in [0.25, 0.3) is 0 Å². The van der Waals surface area contributed by atoms with Crippen LogP contribution in [0.4, 0.5) is 0 Å². The molecule has 0 radical (unpaired) electrons. The van der Waals surface area contributed by atoms with E-state index in [0.29, 0.717) is 13.0 Å². The van der Waals surface area contributed by atoms with Gasteiger partial charge in [-0.3, -0.25) is 4.79 Å². The van der Waals surface area contributed by atoms with Crippen molar-refractivity contribution in [3.8, 4) is 0 Å². The molecular weight excluding hydrogens is 1050 g/mol. The summed E-state index contributed by atoms with van der Waals surface area (Å²) in [5.74, 6) is -0.377. The van der Waals surface area contributed by atoms with Crippen LogP contribution in [0.2, 0.25) is 0 Å². The number of ether oxygens (including phenoxy) is 6. The maximum Gasteiger partial charge on any atom is 0.306 e. The third-order valence-electron chi connectivity index (χ3n) is 16.0. The van der Waals surface area contributed by atoms with Gasteiger partial charge in [0, 0.05) is 13.0 Å². The molecule has 7 N–H and O–H groups in total. The molecule has 0 aliphatic carbocycles. The van der Waals surface area contributed by atoms with Crippen molar-refractivity contribution in [1.82, 2.24) is 0 Å². The van der Waals surface area contributed by atoms with E-state index >= 15 is 0 Å². The zero-order valence-electron chi connectivity index (χ0n) is 52.4. The second-order valence-electron chi connectivity index (χ2n) is 23.6. The summed E-state index contributed by atoms with van der Waals surface area (Å²) in [6, 6.07) is 0. The molecule has 0 aromatic rings. The fourth-order valence-electron chi connectivity index (χ4n) is 10.6. The average molecular weight is 1180 g/mol. The molecule has 14 heteroatoms. The van der Waals surface area contributed by atoms with Gasteiger partial charge in [0.15, 0.2) is 12.6 Å². The molecule has 0 spiro atoms. The van der Waals surface area contributed by atoms with Crippen LogP contribution in [-0.2, 0) is 33.2 Å². The van der Waals surface area contributed by atoms with Crippen LogP contribution in [-0.4, -0.2) is 142 Å². The highest BCUT2D eigenvalue weighted by Gasteiger charge is 2.47. The molecule has 11 unspecified atom stereocenters. The first-order valence-electron chi connectivity index (χ1n) is 33.9. The number of carbonyl (C=O) groups excluding carboxylic acids is 1. The number of carbonyl (C=O) groups is 1. The van der Waals surface area contributed by atoms with Crippen molar-refractivity contribution in [3.05, 3.63) is 60.8 Å². The quantitative estimate of drug-likeness (QED) is 0.0171. The lowest BCUT2D eigenvalue weighted by atomic mass is 9.98. The number of hydrogen-bond donors (Lipinski definition) is 7. The van der Waals surface area contributed by atoms with Gasteiger partial charge < -0.3 is 64.2 Å². The van der Waals surface area contributed by atoms with Crippen molar-refractivity contribution in [2.24, 2.45) is 0 Å². The molecule has 0 aromatic carbocycles. The van der Waals surface area contributed by atoms with Crippen molar-refractivity contribution in [2.75, 3.05) is 33.0 Å². The van der Waals surface area contributed by atoms with Gasteiger partial charge >= 0.3 is 5.97 Å². The number of hydrogen-bond acceptors (Lipinski definition) is 14. The standard InChI is InChI=1S/C69H124O14/c1-3-5-7-9-11-13-15-17-19-21-23-25-27-29-30-32-34-36-38-40-42-44-46-48-50-52-61(71)81-58(56-79-68-67(77)65(75)63(73)60(83-68)57-80-69-66(76)64(74)62(72)59(54-70)82-69)55-78-53-51-49-47-45-43-41-39-37-35-33-31-28-26-24-22-20-18-16-14-12-10-8-6-4-2/h15-18,21-24,28,31,58-60,62-70,72-77H,3-14,19-20,25-27,29-30,32-57H2,1-2H3/b17-15-,18-16-,23-21-,24-22-,31-28-. The lowest BCUT2D eigenvalue weighted by Crippen LogP contribution is -2.61. The molecule has 484 valence electrons. The molecule has 2 heterocycles. The average Bonchev–Trinajstić information content (AvgIpc) is 3.67. The van der Waals surface area contributed by atoms with Crippen LogP contribution in [0.5, 0.6) is 0 Å². The van der Waals surface area contributed by atoms with Gasteiger partial charge in [0.25, 0.3) is 0 Å².